The van der Waals surface area contributed by atoms with Crippen LogP contribution < -0.4 is 5.32 Å². The molecule has 4 rings (SSSR count). The van der Waals surface area contributed by atoms with Gasteiger partial charge in [0.25, 0.3) is 5.69 Å². The highest BCUT2D eigenvalue weighted by molar-refractivity contribution is 7.99. The fourth-order valence-electron chi connectivity index (χ4n) is 3.91. The molecule has 3 aromatic rings. The molecular formula is C22H25N5O3S2. The molecule has 168 valence electrons. The first kappa shape index (κ1) is 22.5. The molecule has 8 nitrogen and oxygen atoms in total. The van der Waals surface area contributed by atoms with E-state index in [4.69, 9.17) is 0 Å². The molecule has 1 unspecified atom stereocenters. The molecule has 0 fully saturated rings. The maximum absolute atomic E-state index is 12.4. The molecule has 0 bridgehead atoms. The number of rotatable bonds is 8. The second-order valence-corrected chi connectivity index (χ2v) is 9.91. The molecule has 0 saturated carbocycles. The van der Waals surface area contributed by atoms with Gasteiger partial charge in [0.2, 0.25) is 5.91 Å². The van der Waals surface area contributed by atoms with Gasteiger partial charge in [0, 0.05) is 40.2 Å². The number of aromatic nitrogens is 3. The van der Waals surface area contributed by atoms with Crippen LogP contribution in [0.1, 0.15) is 37.1 Å². The fraction of sp³-hybridized carbons (Fsp3) is 0.409. The molecule has 1 N–H and O–H groups in total. The highest BCUT2D eigenvalue weighted by atomic mass is 32.2. The Morgan fingerprint density at radius 3 is 3.03 bits per heavy atom. The van der Waals surface area contributed by atoms with Crippen LogP contribution in [0.2, 0.25) is 0 Å². The summed E-state index contributed by atoms with van der Waals surface area (Å²) in [5.41, 5.74) is 2.92. The number of fused-ring (bicyclic) bond motifs is 1. The van der Waals surface area contributed by atoms with Crippen LogP contribution in [-0.2, 0) is 24.2 Å². The number of carbonyl (C=O) groups excluding carboxylic acids is 1. The first-order valence-corrected chi connectivity index (χ1v) is 12.5. The van der Waals surface area contributed by atoms with Gasteiger partial charge in [-0.25, -0.2) is 0 Å². The Labute approximate surface area is 194 Å². The smallest absolute Gasteiger partial charge is 0.271 e. The van der Waals surface area contributed by atoms with Gasteiger partial charge < -0.3 is 9.88 Å². The number of non-ortho nitro benzene ring substituents is 1. The molecule has 1 atom stereocenters. The summed E-state index contributed by atoms with van der Waals surface area (Å²) in [6.45, 7) is 5.19. The first-order chi connectivity index (χ1) is 15.5. The number of benzene rings is 1. The summed E-state index contributed by atoms with van der Waals surface area (Å²) in [5.74, 6) is 1.49. The quantitative estimate of drug-likeness (QED) is 0.276. The minimum Gasteiger partial charge on any atom is -0.325 e. The van der Waals surface area contributed by atoms with E-state index in [1.54, 1.807) is 12.1 Å². The van der Waals surface area contributed by atoms with E-state index >= 15 is 0 Å². The zero-order valence-corrected chi connectivity index (χ0v) is 19.7. The first-order valence-electron chi connectivity index (χ1n) is 10.7. The van der Waals surface area contributed by atoms with Crippen molar-refractivity contribution in [3.8, 4) is 11.4 Å². The Kier molecular flexibility index (Phi) is 6.90. The number of carbonyl (C=O) groups is 1. The van der Waals surface area contributed by atoms with E-state index in [0.717, 1.165) is 37.5 Å². The Hall–Kier alpha value is -2.72. The lowest BCUT2D eigenvalue weighted by Crippen LogP contribution is -2.15. The normalized spacial score (nSPS) is 15.4. The number of hydrogen-bond acceptors (Lipinski definition) is 7. The number of anilines is 1. The van der Waals surface area contributed by atoms with Gasteiger partial charge in [-0.1, -0.05) is 31.7 Å². The lowest BCUT2D eigenvalue weighted by molar-refractivity contribution is -0.384. The monoisotopic (exact) mass is 471 g/mol. The third-order valence-electron chi connectivity index (χ3n) is 5.48. The van der Waals surface area contributed by atoms with E-state index in [9.17, 15) is 14.9 Å². The molecule has 2 aromatic heterocycles. The van der Waals surface area contributed by atoms with Gasteiger partial charge >= 0.3 is 0 Å². The third-order valence-corrected chi connectivity index (χ3v) is 7.50. The van der Waals surface area contributed by atoms with E-state index < -0.39 is 4.92 Å². The number of nitrogens with one attached hydrogen (secondary N) is 1. The number of thioether (sulfide) groups is 1. The molecule has 0 spiro atoms. The second kappa shape index (κ2) is 9.83. The number of amides is 1. The number of thiophene rings is 1. The Balaban J connectivity index is 1.48. The van der Waals surface area contributed by atoms with E-state index in [0.29, 0.717) is 10.8 Å². The molecule has 1 amide bonds. The minimum atomic E-state index is -0.483. The second-order valence-electron chi connectivity index (χ2n) is 8.00. The Morgan fingerprint density at radius 1 is 1.41 bits per heavy atom. The summed E-state index contributed by atoms with van der Waals surface area (Å²) in [7, 11) is 0. The fourth-order valence-corrected chi connectivity index (χ4v) is 5.92. The molecule has 1 aliphatic rings. The predicted octanol–water partition coefficient (Wildman–Crippen LogP) is 5.18. The molecule has 1 aliphatic carbocycles. The molecule has 2 heterocycles. The minimum absolute atomic E-state index is 0.0590. The van der Waals surface area contributed by atoms with Crippen molar-refractivity contribution in [1.82, 2.24) is 14.8 Å². The highest BCUT2D eigenvalue weighted by Gasteiger charge is 2.24. The maximum atomic E-state index is 12.4. The summed E-state index contributed by atoms with van der Waals surface area (Å²) in [5, 5.41) is 25.4. The van der Waals surface area contributed by atoms with E-state index in [1.165, 1.54) is 46.3 Å². The van der Waals surface area contributed by atoms with Crippen LogP contribution in [0, 0.1) is 16.0 Å². The summed E-state index contributed by atoms with van der Waals surface area (Å²) in [4.78, 5) is 24.3. The number of nitro groups is 1. The van der Waals surface area contributed by atoms with Gasteiger partial charge in [-0.05, 0) is 43.2 Å². The van der Waals surface area contributed by atoms with Crippen molar-refractivity contribution in [3.05, 3.63) is 50.2 Å². The van der Waals surface area contributed by atoms with Gasteiger partial charge in [-0.15, -0.1) is 21.5 Å². The average Bonchev–Trinajstić information content (AvgIpc) is 3.36. The number of nitro benzene ring substituents is 1. The zero-order chi connectivity index (χ0) is 22.7. The molecule has 10 heteroatoms. The SMILES string of the molecule is CCCn1c(SCC(=O)Nc2cccc([N+](=O)[O-])c2)nnc1-c1csc2c1CCC(C)C2. The molecular weight excluding hydrogens is 446 g/mol. The van der Waals surface area contributed by atoms with Crippen molar-refractivity contribution in [2.24, 2.45) is 5.92 Å². The van der Waals surface area contributed by atoms with Gasteiger partial charge in [-0.3, -0.25) is 14.9 Å². The van der Waals surface area contributed by atoms with Crippen LogP contribution in [0.25, 0.3) is 11.4 Å². The molecule has 0 radical (unpaired) electrons. The van der Waals surface area contributed by atoms with E-state index in [2.05, 4.69) is 39.3 Å². The molecule has 32 heavy (non-hydrogen) atoms. The van der Waals surface area contributed by atoms with Gasteiger partial charge in [0.1, 0.15) is 0 Å². The molecule has 0 aliphatic heterocycles. The zero-order valence-electron chi connectivity index (χ0n) is 18.0. The van der Waals surface area contributed by atoms with Crippen LogP contribution >= 0.6 is 23.1 Å². The summed E-state index contributed by atoms with van der Waals surface area (Å²) < 4.78 is 2.10. The topological polar surface area (TPSA) is 103 Å². The third kappa shape index (κ3) is 4.86. The summed E-state index contributed by atoms with van der Waals surface area (Å²) >= 11 is 3.14. The predicted molar refractivity (Wildman–Crippen MR) is 127 cm³/mol. The Morgan fingerprint density at radius 2 is 2.25 bits per heavy atom. The van der Waals surface area contributed by atoms with Crippen LogP contribution in [-0.4, -0.2) is 31.3 Å². The standard InChI is InChI=1S/C22H25N5O3S2/c1-3-9-26-21(18-12-31-19-10-14(2)7-8-17(18)19)24-25-22(26)32-13-20(28)23-15-5-4-6-16(11-15)27(29)30/h4-6,11-12,14H,3,7-10,13H2,1-2H3,(H,23,28). The van der Waals surface area contributed by atoms with Crippen molar-refractivity contribution in [3.63, 3.8) is 0 Å². The van der Waals surface area contributed by atoms with Gasteiger partial charge in [0.05, 0.1) is 10.7 Å². The maximum Gasteiger partial charge on any atom is 0.271 e. The molecule has 0 saturated heterocycles. The lowest BCUT2D eigenvalue weighted by atomic mass is 9.88. The summed E-state index contributed by atoms with van der Waals surface area (Å²) in [6, 6.07) is 5.92. The van der Waals surface area contributed by atoms with Crippen molar-refractivity contribution >= 4 is 40.4 Å². The van der Waals surface area contributed by atoms with Crippen LogP contribution in [0.3, 0.4) is 0 Å². The van der Waals surface area contributed by atoms with Crippen molar-refractivity contribution < 1.29 is 9.72 Å². The van der Waals surface area contributed by atoms with Gasteiger partial charge in [0.15, 0.2) is 11.0 Å². The number of hydrogen-bond donors (Lipinski definition) is 1. The van der Waals surface area contributed by atoms with Crippen LogP contribution in [0.4, 0.5) is 11.4 Å². The summed E-state index contributed by atoms with van der Waals surface area (Å²) in [6.07, 6.45) is 4.32. The number of nitrogens with zero attached hydrogens (tertiary/aromatic N) is 4. The lowest BCUT2D eigenvalue weighted by Gasteiger charge is -2.19. The van der Waals surface area contributed by atoms with Crippen molar-refractivity contribution in [1.29, 1.82) is 0 Å². The van der Waals surface area contributed by atoms with Gasteiger partial charge in [-0.2, -0.15) is 0 Å². The van der Waals surface area contributed by atoms with Crippen molar-refractivity contribution in [2.75, 3.05) is 11.1 Å². The van der Waals surface area contributed by atoms with Crippen molar-refractivity contribution in [2.45, 2.75) is 51.2 Å². The van der Waals surface area contributed by atoms with Crippen LogP contribution in [0.5, 0.6) is 0 Å². The Bertz CT molecular complexity index is 1140. The molecule has 1 aromatic carbocycles. The average molecular weight is 472 g/mol. The highest BCUT2D eigenvalue weighted by Crippen LogP contribution is 2.38. The van der Waals surface area contributed by atoms with E-state index in [1.807, 2.05) is 11.3 Å². The largest absolute Gasteiger partial charge is 0.325 e. The van der Waals surface area contributed by atoms with E-state index in [-0.39, 0.29) is 17.3 Å². The van der Waals surface area contributed by atoms with Crippen LogP contribution in [0.15, 0.2) is 34.8 Å².